The second-order valence-electron chi connectivity index (χ2n) is 1.95. The predicted molar refractivity (Wildman–Crippen MR) is 35.4 cm³/mol. The van der Waals surface area contributed by atoms with Crippen molar-refractivity contribution in [2.24, 2.45) is 0 Å². The number of aromatic nitrogens is 3. The average Bonchev–Trinajstić information content (AvgIpc) is 2.34. The Morgan fingerprint density at radius 1 is 1.60 bits per heavy atom. The molecule has 50 valence electrons. The van der Waals surface area contributed by atoms with Gasteiger partial charge in [0.1, 0.15) is 0 Å². The zero-order chi connectivity index (χ0) is 6.97. The highest BCUT2D eigenvalue weighted by Crippen LogP contribution is 1.96. The van der Waals surface area contributed by atoms with Crippen molar-refractivity contribution in [1.82, 2.24) is 14.5 Å². The summed E-state index contributed by atoms with van der Waals surface area (Å²) in [5.41, 5.74) is -0.0935. The van der Waals surface area contributed by atoms with E-state index in [1.54, 1.807) is 18.6 Å². The Hall–Kier alpha value is -1.58. The van der Waals surface area contributed by atoms with E-state index in [9.17, 15) is 4.79 Å². The summed E-state index contributed by atoms with van der Waals surface area (Å²) in [5, 5.41) is 0. The molecule has 0 amide bonds. The first-order chi connectivity index (χ1) is 4.88. The summed E-state index contributed by atoms with van der Waals surface area (Å²) >= 11 is 0. The number of nitrogens with one attached hydrogen (secondary N) is 1. The molecule has 2 aliphatic heterocycles. The lowest BCUT2D eigenvalue weighted by Gasteiger charge is -1.95. The molecular formula is C6H5N3O. The van der Waals surface area contributed by atoms with Gasteiger partial charge in [-0.2, -0.15) is 0 Å². The minimum absolute atomic E-state index is 0.0935. The van der Waals surface area contributed by atoms with Gasteiger partial charge in [-0.25, -0.2) is 4.98 Å². The molecule has 1 N–H and O–H groups in total. The van der Waals surface area contributed by atoms with Crippen LogP contribution in [0.25, 0.3) is 5.82 Å². The van der Waals surface area contributed by atoms with E-state index in [1.165, 1.54) is 10.8 Å². The Bertz CT molecular complexity index is 362. The van der Waals surface area contributed by atoms with Crippen LogP contribution in [-0.4, -0.2) is 14.5 Å². The minimum Gasteiger partial charge on any atom is -0.363 e. The van der Waals surface area contributed by atoms with E-state index >= 15 is 0 Å². The van der Waals surface area contributed by atoms with E-state index in [2.05, 4.69) is 9.97 Å². The van der Waals surface area contributed by atoms with Crippen LogP contribution in [0.4, 0.5) is 0 Å². The second kappa shape index (κ2) is 1.70. The number of aromatic amines is 1. The molecule has 0 unspecified atom stereocenters. The van der Waals surface area contributed by atoms with Crippen LogP contribution < -0.4 is 5.56 Å². The Balaban J connectivity index is 2.91. The first kappa shape index (κ1) is 5.22. The summed E-state index contributed by atoms with van der Waals surface area (Å²) in [4.78, 5) is 17.5. The highest BCUT2D eigenvalue weighted by molar-refractivity contribution is 5.19. The summed E-state index contributed by atoms with van der Waals surface area (Å²) in [6.45, 7) is 0. The average molecular weight is 135 g/mol. The van der Waals surface area contributed by atoms with E-state index < -0.39 is 0 Å². The Kier molecular flexibility index (Phi) is 0.887. The van der Waals surface area contributed by atoms with Crippen LogP contribution in [0.3, 0.4) is 0 Å². The quantitative estimate of drug-likeness (QED) is 0.552. The van der Waals surface area contributed by atoms with E-state index in [4.69, 9.17) is 0 Å². The molecule has 0 fully saturated rings. The molecule has 0 aromatic heterocycles. The van der Waals surface area contributed by atoms with Gasteiger partial charge in [-0.1, -0.05) is 0 Å². The van der Waals surface area contributed by atoms with Gasteiger partial charge in [0.2, 0.25) is 0 Å². The van der Waals surface area contributed by atoms with Crippen LogP contribution in [0.2, 0.25) is 0 Å². The number of hydrogen-bond donors (Lipinski definition) is 1. The van der Waals surface area contributed by atoms with Crippen LogP contribution in [0.5, 0.6) is 0 Å². The van der Waals surface area contributed by atoms with E-state index in [-0.39, 0.29) is 5.56 Å². The van der Waals surface area contributed by atoms with Crippen molar-refractivity contribution in [2.75, 3.05) is 0 Å². The number of fused-ring (bicyclic) bond motifs is 1. The molecule has 0 bridgehead atoms. The SMILES string of the molecule is O=c1cnc2c[nH]ccn1-2. The maximum atomic E-state index is 10.9. The maximum absolute atomic E-state index is 10.9. The van der Waals surface area contributed by atoms with Gasteiger partial charge in [-0.15, -0.1) is 0 Å². The summed E-state index contributed by atoms with van der Waals surface area (Å²) in [5.74, 6) is 0.646. The Morgan fingerprint density at radius 3 is 3.30 bits per heavy atom. The molecule has 0 atom stereocenters. The Morgan fingerprint density at radius 2 is 2.50 bits per heavy atom. The van der Waals surface area contributed by atoms with E-state index in [0.29, 0.717) is 5.82 Å². The monoisotopic (exact) mass is 135 g/mol. The van der Waals surface area contributed by atoms with Crippen LogP contribution in [-0.2, 0) is 0 Å². The summed E-state index contributed by atoms with van der Waals surface area (Å²) < 4.78 is 1.47. The fourth-order valence-electron chi connectivity index (χ4n) is 0.856. The molecule has 0 aliphatic carbocycles. The smallest absolute Gasteiger partial charge is 0.274 e. The lowest BCUT2D eigenvalue weighted by atomic mass is 10.6. The van der Waals surface area contributed by atoms with Crippen LogP contribution >= 0.6 is 0 Å². The third kappa shape index (κ3) is 0.556. The second-order valence-corrected chi connectivity index (χ2v) is 1.95. The third-order valence-electron chi connectivity index (χ3n) is 1.32. The lowest BCUT2D eigenvalue weighted by molar-refractivity contribution is 0.969. The zero-order valence-electron chi connectivity index (χ0n) is 5.11. The molecule has 2 heterocycles. The molecular weight excluding hydrogens is 130 g/mol. The molecule has 10 heavy (non-hydrogen) atoms. The molecule has 0 radical (unpaired) electrons. The summed E-state index contributed by atoms with van der Waals surface area (Å²) in [6.07, 6.45) is 6.28. The number of rotatable bonds is 0. The van der Waals surface area contributed by atoms with Gasteiger partial charge < -0.3 is 4.98 Å². The molecule has 0 aromatic rings. The lowest BCUT2D eigenvalue weighted by Crippen LogP contribution is -2.10. The number of nitrogens with zero attached hydrogens (tertiary/aromatic N) is 2. The number of imidazole rings is 1. The minimum atomic E-state index is -0.0935. The van der Waals surface area contributed by atoms with Crippen molar-refractivity contribution < 1.29 is 0 Å². The normalized spacial score (nSPS) is 10.4. The summed E-state index contributed by atoms with van der Waals surface area (Å²) in [7, 11) is 0. The fraction of sp³-hybridized carbons (Fsp3) is 0. The number of H-pyrrole nitrogens is 1. The Labute approximate surface area is 56.5 Å². The molecule has 2 rings (SSSR count). The van der Waals surface area contributed by atoms with Crippen LogP contribution in [0.1, 0.15) is 0 Å². The largest absolute Gasteiger partial charge is 0.363 e. The van der Waals surface area contributed by atoms with Gasteiger partial charge in [0.25, 0.3) is 5.56 Å². The topological polar surface area (TPSA) is 50.7 Å². The van der Waals surface area contributed by atoms with Crippen molar-refractivity contribution in [3.05, 3.63) is 35.1 Å². The molecule has 0 spiro atoms. The first-order valence-corrected chi connectivity index (χ1v) is 2.88. The molecule has 0 saturated heterocycles. The van der Waals surface area contributed by atoms with E-state index in [0.717, 1.165) is 0 Å². The van der Waals surface area contributed by atoms with Crippen molar-refractivity contribution in [2.45, 2.75) is 0 Å². The van der Waals surface area contributed by atoms with Crippen LogP contribution in [0, 0.1) is 0 Å². The van der Waals surface area contributed by atoms with Gasteiger partial charge in [0.15, 0.2) is 5.82 Å². The van der Waals surface area contributed by atoms with Crippen molar-refractivity contribution in [3.8, 4) is 5.82 Å². The highest BCUT2D eigenvalue weighted by Gasteiger charge is 2.01. The standard InChI is InChI=1S/C6H5N3O/c10-6-4-8-5-3-7-1-2-9(5)6/h1-4,7H. The predicted octanol–water partition coefficient (Wildman–Crippen LogP) is -0.00160. The zero-order valence-corrected chi connectivity index (χ0v) is 5.11. The van der Waals surface area contributed by atoms with Gasteiger partial charge in [0.05, 0.1) is 6.20 Å². The molecule has 2 aliphatic rings. The first-order valence-electron chi connectivity index (χ1n) is 2.88. The molecule has 4 nitrogen and oxygen atoms in total. The highest BCUT2D eigenvalue weighted by atomic mass is 16.1. The maximum Gasteiger partial charge on any atom is 0.274 e. The van der Waals surface area contributed by atoms with Crippen molar-refractivity contribution >= 4 is 0 Å². The number of hydrogen-bond acceptors (Lipinski definition) is 2. The molecule has 0 saturated carbocycles. The van der Waals surface area contributed by atoms with Gasteiger partial charge in [-0.3, -0.25) is 9.36 Å². The van der Waals surface area contributed by atoms with Gasteiger partial charge >= 0.3 is 0 Å². The molecule has 0 aromatic carbocycles. The van der Waals surface area contributed by atoms with E-state index in [1.807, 2.05) is 0 Å². The third-order valence-corrected chi connectivity index (χ3v) is 1.32. The van der Waals surface area contributed by atoms with Crippen molar-refractivity contribution in [1.29, 1.82) is 0 Å². The van der Waals surface area contributed by atoms with Crippen LogP contribution in [0.15, 0.2) is 29.6 Å². The van der Waals surface area contributed by atoms with Crippen molar-refractivity contribution in [3.63, 3.8) is 0 Å². The summed E-state index contributed by atoms with van der Waals surface area (Å²) in [6, 6.07) is 0. The van der Waals surface area contributed by atoms with Gasteiger partial charge in [0, 0.05) is 18.6 Å². The molecule has 4 heteroatoms. The van der Waals surface area contributed by atoms with Gasteiger partial charge in [-0.05, 0) is 0 Å². The fourth-order valence-corrected chi connectivity index (χ4v) is 0.856.